The van der Waals surface area contributed by atoms with Crippen molar-refractivity contribution in [1.82, 2.24) is 0 Å². The van der Waals surface area contributed by atoms with E-state index in [1.54, 1.807) is 20.8 Å². The number of ether oxygens (including phenoxy) is 2. The van der Waals surface area contributed by atoms with E-state index in [-0.39, 0.29) is 17.0 Å². The number of carbonyl (C=O) groups excluding carboxylic acids is 2. The van der Waals surface area contributed by atoms with Gasteiger partial charge in [-0.15, -0.1) is 0 Å². The molecule has 1 aromatic rings. The lowest BCUT2D eigenvalue weighted by Crippen LogP contribution is -2.27. The van der Waals surface area contributed by atoms with Gasteiger partial charge in [-0.2, -0.15) is 0 Å². The van der Waals surface area contributed by atoms with Crippen LogP contribution in [0, 0.1) is 5.82 Å². The predicted octanol–water partition coefficient (Wildman–Crippen LogP) is 2.99. The molecule has 5 nitrogen and oxygen atoms in total. The highest BCUT2D eigenvalue weighted by Gasteiger charge is 2.21. The smallest absolute Gasteiger partial charge is 0.412 e. The molecular weight excluding hydrogens is 253 g/mol. The normalized spacial score (nSPS) is 10.8. The molecule has 104 valence electrons. The largest absolute Gasteiger partial charge is 0.494 e. The minimum absolute atomic E-state index is 0.0409. The van der Waals surface area contributed by atoms with Gasteiger partial charge in [-0.1, -0.05) is 0 Å². The number of aldehydes is 1. The van der Waals surface area contributed by atoms with Crippen molar-refractivity contribution in [3.05, 3.63) is 23.5 Å². The molecule has 0 aliphatic carbocycles. The molecule has 0 saturated heterocycles. The monoisotopic (exact) mass is 269 g/mol. The van der Waals surface area contributed by atoms with Gasteiger partial charge in [0.15, 0.2) is 17.9 Å². The van der Waals surface area contributed by atoms with E-state index >= 15 is 0 Å². The first kappa shape index (κ1) is 14.9. The molecule has 1 rings (SSSR count). The van der Waals surface area contributed by atoms with E-state index in [0.29, 0.717) is 6.29 Å². The van der Waals surface area contributed by atoms with Crippen molar-refractivity contribution in [2.75, 3.05) is 12.4 Å². The van der Waals surface area contributed by atoms with Gasteiger partial charge in [0.05, 0.1) is 12.7 Å². The summed E-state index contributed by atoms with van der Waals surface area (Å²) in [5, 5.41) is 2.24. The quantitative estimate of drug-likeness (QED) is 0.857. The number of rotatable bonds is 3. The lowest BCUT2D eigenvalue weighted by molar-refractivity contribution is 0.0634. The van der Waals surface area contributed by atoms with E-state index in [1.165, 1.54) is 13.2 Å². The summed E-state index contributed by atoms with van der Waals surface area (Å²) in [6.07, 6.45) is -0.314. The molecule has 0 aromatic heterocycles. The zero-order valence-electron chi connectivity index (χ0n) is 11.2. The maximum absolute atomic E-state index is 13.7. The molecule has 0 atom stereocenters. The zero-order valence-corrected chi connectivity index (χ0v) is 11.2. The molecule has 0 unspecified atom stereocenters. The average molecular weight is 269 g/mol. The molecule has 1 N–H and O–H groups in total. The number of amides is 1. The number of hydrogen-bond donors (Lipinski definition) is 1. The summed E-state index contributed by atoms with van der Waals surface area (Å²) < 4.78 is 23.6. The van der Waals surface area contributed by atoms with Crippen LogP contribution >= 0.6 is 0 Å². The van der Waals surface area contributed by atoms with Gasteiger partial charge in [-0.25, -0.2) is 9.18 Å². The van der Waals surface area contributed by atoms with E-state index in [1.807, 2.05) is 0 Å². The molecular formula is C13H16FNO4. The van der Waals surface area contributed by atoms with Crippen LogP contribution in [0.4, 0.5) is 14.9 Å². The number of methoxy groups -OCH3 is 1. The molecule has 0 aliphatic heterocycles. The number of halogens is 1. The Morgan fingerprint density at radius 3 is 2.47 bits per heavy atom. The summed E-state index contributed by atoms with van der Waals surface area (Å²) in [7, 11) is 1.28. The molecule has 6 heteroatoms. The van der Waals surface area contributed by atoms with E-state index in [2.05, 4.69) is 5.32 Å². The average Bonchev–Trinajstić information content (AvgIpc) is 2.29. The summed E-state index contributed by atoms with van der Waals surface area (Å²) >= 11 is 0. The second kappa shape index (κ2) is 5.69. The Bertz CT molecular complexity index is 494. The molecule has 0 saturated carbocycles. The molecule has 0 fully saturated rings. The van der Waals surface area contributed by atoms with Crippen LogP contribution in [0.5, 0.6) is 5.75 Å². The Hall–Kier alpha value is -2.11. The van der Waals surface area contributed by atoms with Crippen LogP contribution in [0.15, 0.2) is 12.1 Å². The SMILES string of the molecule is COc1c(C=O)ccc(F)c1NC(=O)OC(C)(C)C. The van der Waals surface area contributed by atoms with Crippen LogP contribution in [-0.4, -0.2) is 25.1 Å². The Kier molecular flexibility index (Phi) is 4.47. The first-order valence-corrected chi connectivity index (χ1v) is 5.60. The van der Waals surface area contributed by atoms with Gasteiger partial charge in [0.2, 0.25) is 0 Å². The number of nitrogens with one attached hydrogen (secondary N) is 1. The standard InChI is InChI=1S/C13H16FNO4/c1-13(2,3)19-12(17)15-10-9(14)6-5-8(7-16)11(10)18-4/h5-7H,1-4H3,(H,15,17). The second-order valence-electron chi connectivity index (χ2n) is 4.79. The van der Waals surface area contributed by atoms with Crippen molar-refractivity contribution in [2.24, 2.45) is 0 Å². The fraction of sp³-hybridized carbons (Fsp3) is 0.385. The van der Waals surface area contributed by atoms with Crippen molar-refractivity contribution in [3.63, 3.8) is 0 Å². The Morgan fingerprint density at radius 1 is 1.37 bits per heavy atom. The van der Waals surface area contributed by atoms with E-state index in [0.717, 1.165) is 6.07 Å². The first-order valence-electron chi connectivity index (χ1n) is 5.60. The van der Waals surface area contributed by atoms with Crippen LogP contribution in [-0.2, 0) is 4.74 Å². The molecule has 0 aliphatic rings. The highest BCUT2D eigenvalue weighted by Crippen LogP contribution is 2.31. The van der Waals surface area contributed by atoms with Gasteiger partial charge in [-0.05, 0) is 32.9 Å². The van der Waals surface area contributed by atoms with Crippen molar-refractivity contribution in [2.45, 2.75) is 26.4 Å². The lowest BCUT2D eigenvalue weighted by Gasteiger charge is -2.20. The van der Waals surface area contributed by atoms with Crippen molar-refractivity contribution in [3.8, 4) is 5.75 Å². The van der Waals surface area contributed by atoms with E-state index < -0.39 is 17.5 Å². The third kappa shape index (κ3) is 3.94. The molecule has 1 aromatic carbocycles. The van der Waals surface area contributed by atoms with Crippen LogP contribution < -0.4 is 10.1 Å². The number of anilines is 1. The summed E-state index contributed by atoms with van der Waals surface area (Å²) in [5.41, 5.74) is -0.799. The molecule has 0 spiro atoms. The Balaban J connectivity index is 3.06. The zero-order chi connectivity index (χ0) is 14.6. The van der Waals surface area contributed by atoms with Gasteiger partial charge in [0.1, 0.15) is 11.3 Å². The highest BCUT2D eigenvalue weighted by molar-refractivity contribution is 5.91. The van der Waals surface area contributed by atoms with Crippen molar-refractivity contribution < 1.29 is 23.5 Å². The number of carbonyl (C=O) groups is 2. The minimum Gasteiger partial charge on any atom is -0.494 e. The molecule has 19 heavy (non-hydrogen) atoms. The van der Waals surface area contributed by atoms with Crippen LogP contribution in [0.25, 0.3) is 0 Å². The Morgan fingerprint density at radius 2 is 2.00 bits per heavy atom. The van der Waals surface area contributed by atoms with Gasteiger partial charge in [0.25, 0.3) is 0 Å². The maximum Gasteiger partial charge on any atom is 0.412 e. The van der Waals surface area contributed by atoms with Crippen LogP contribution in [0.2, 0.25) is 0 Å². The number of benzene rings is 1. The molecule has 0 bridgehead atoms. The third-order valence-electron chi connectivity index (χ3n) is 2.09. The fourth-order valence-corrected chi connectivity index (χ4v) is 1.41. The molecule has 0 radical (unpaired) electrons. The fourth-order valence-electron chi connectivity index (χ4n) is 1.41. The first-order chi connectivity index (χ1) is 8.78. The van der Waals surface area contributed by atoms with Gasteiger partial charge in [-0.3, -0.25) is 10.1 Å². The summed E-state index contributed by atoms with van der Waals surface area (Å²) in [6.45, 7) is 5.05. The van der Waals surface area contributed by atoms with E-state index in [9.17, 15) is 14.0 Å². The lowest BCUT2D eigenvalue weighted by atomic mass is 10.1. The van der Waals surface area contributed by atoms with E-state index in [4.69, 9.17) is 9.47 Å². The maximum atomic E-state index is 13.7. The van der Waals surface area contributed by atoms with Crippen LogP contribution in [0.1, 0.15) is 31.1 Å². The second-order valence-corrected chi connectivity index (χ2v) is 4.79. The minimum atomic E-state index is -0.826. The summed E-state index contributed by atoms with van der Waals surface area (Å²) in [6, 6.07) is 2.33. The number of hydrogen-bond acceptors (Lipinski definition) is 4. The highest BCUT2D eigenvalue weighted by atomic mass is 19.1. The van der Waals surface area contributed by atoms with Gasteiger partial charge >= 0.3 is 6.09 Å². The molecule has 0 heterocycles. The third-order valence-corrected chi connectivity index (χ3v) is 2.09. The van der Waals surface area contributed by atoms with Gasteiger partial charge in [0, 0.05) is 0 Å². The topological polar surface area (TPSA) is 64.6 Å². The molecule has 1 amide bonds. The van der Waals surface area contributed by atoms with Crippen molar-refractivity contribution >= 4 is 18.1 Å². The van der Waals surface area contributed by atoms with Gasteiger partial charge < -0.3 is 9.47 Å². The van der Waals surface area contributed by atoms with Crippen LogP contribution in [0.3, 0.4) is 0 Å². The Labute approximate surface area is 110 Å². The summed E-state index contributed by atoms with van der Waals surface area (Å²) in [5.74, 6) is -0.755. The summed E-state index contributed by atoms with van der Waals surface area (Å²) in [4.78, 5) is 22.4. The van der Waals surface area contributed by atoms with Crippen molar-refractivity contribution in [1.29, 1.82) is 0 Å². The predicted molar refractivity (Wildman–Crippen MR) is 68.2 cm³/mol.